The van der Waals surface area contributed by atoms with Gasteiger partial charge in [0.25, 0.3) is 0 Å². The second kappa shape index (κ2) is 4.80. The molecular formula is C14H20N2O2S. The van der Waals surface area contributed by atoms with Crippen LogP contribution in [0.15, 0.2) is 29.2 Å². The van der Waals surface area contributed by atoms with Gasteiger partial charge in [0, 0.05) is 12.6 Å². The fourth-order valence-electron chi connectivity index (χ4n) is 3.20. The molecule has 4 nitrogen and oxygen atoms in total. The molecule has 1 aliphatic carbocycles. The highest BCUT2D eigenvalue weighted by Crippen LogP contribution is 2.40. The summed E-state index contributed by atoms with van der Waals surface area (Å²) in [6, 6.07) is 6.96. The molecule has 0 bridgehead atoms. The molecule has 104 valence electrons. The number of benzene rings is 1. The number of rotatable bonds is 3. The number of hydrogen-bond acceptors (Lipinski definition) is 3. The second-order valence-corrected chi connectivity index (χ2v) is 7.41. The summed E-state index contributed by atoms with van der Waals surface area (Å²) < 4.78 is 27.2. The first-order valence-electron chi connectivity index (χ1n) is 6.97. The van der Waals surface area contributed by atoms with Gasteiger partial charge in [-0.1, -0.05) is 18.6 Å². The van der Waals surface area contributed by atoms with E-state index in [-0.39, 0.29) is 10.9 Å². The van der Waals surface area contributed by atoms with Crippen LogP contribution in [0.25, 0.3) is 0 Å². The van der Waals surface area contributed by atoms with Crippen molar-refractivity contribution in [2.45, 2.75) is 43.0 Å². The van der Waals surface area contributed by atoms with Crippen molar-refractivity contribution < 1.29 is 8.42 Å². The van der Waals surface area contributed by atoms with Gasteiger partial charge in [0.15, 0.2) is 0 Å². The summed E-state index contributed by atoms with van der Waals surface area (Å²) in [5.41, 5.74) is 6.19. The number of sulfonamides is 1. The molecule has 0 aromatic heterocycles. The highest BCUT2D eigenvalue weighted by molar-refractivity contribution is 7.89. The Morgan fingerprint density at radius 3 is 2.47 bits per heavy atom. The summed E-state index contributed by atoms with van der Waals surface area (Å²) in [7, 11) is -3.43. The molecule has 2 aliphatic rings. The summed E-state index contributed by atoms with van der Waals surface area (Å²) in [4.78, 5) is 0.265. The van der Waals surface area contributed by atoms with Crippen molar-refractivity contribution in [2.24, 2.45) is 5.92 Å². The SMILES string of the molecule is Nc1ccccc1S(=O)(=O)N1CCCC1C1CCC1. The van der Waals surface area contributed by atoms with E-state index in [2.05, 4.69) is 0 Å². The van der Waals surface area contributed by atoms with Crippen LogP contribution in [0.5, 0.6) is 0 Å². The Hall–Kier alpha value is -1.07. The second-order valence-electron chi connectivity index (χ2n) is 5.55. The summed E-state index contributed by atoms with van der Waals surface area (Å²) in [6.45, 7) is 0.637. The van der Waals surface area contributed by atoms with Gasteiger partial charge >= 0.3 is 0 Å². The smallest absolute Gasteiger partial charge is 0.245 e. The first-order valence-corrected chi connectivity index (χ1v) is 8.41. The summed E-state index contributed by atoms with van der Waals surface area (Å²) >= 11 is 0. The third-order valence-corrected chi connectivity index (χ3v) is 6.45. The zero-order valence-corrected chi connectivity index (χ0v) is 11.8. The van der Waals surface area contributed by atoms with Crippen molar-refractivity contribution in [1.82, 2.24) is 4.31 Å². The highest BCUT2D eigenvalue weighted by Gasteiger charge is 2.41. The van der Waals surface area contributed by atoms with Crippen LogP contribution in [0.1, 0.15) is 32.1 Å². The third-order valence-electron chi connectivity index (χ3n) is 4.45. The standard InChI is InChI=1S/C14H20N2O2S/c15-12-7-1-2-9-14(12)19(17,18)16-10-4-8-13(16)11-5-3-6-11/h1-2,7,9,11,13H,3-6,8,10,15H2. The molecule has 1 saturated carbocycles. The highest BCUT2D eigenvalue weighted by atomic mass is 32.2. The number of hydrogen-bond donors (Lipinski definition) is 1. The number of anilines is 1. The van der Waals surface area contributed by atoms with Crippen LogP contribution in [0.4, 0.5) is 5.69 Å². The average molecular weight is 280 g/mol. The Kier molecular flexibility index (Phi) is 3.27. The lowest BCUT2D eigenvalue weighted by Gasteiger charge is -2.36. The first kappa shape index (κ1) is 12.9. The molecule has 19 heavy (non-hydrogen) atoms. The summed E-state index contributed by atoms with van der Waals surface area (Å²) in [6.07, 6.45) is 5.54. The lowest BCUT2D eigenvalue weighted by Crippen LogP contribution is -2.42. The van der Waals surface area contributed by atoms with E-state index in [1.165, 1.54) is 19.3 Å². The molecule has 0 radical (unpaired) electrons. The normalized spacial score (nSPS) is 25.4. The van der Waals surface area contributed by atoms with E-state index in [1.54, 1.807) is 28.6 Å². The molecule has 1 aliphatic heterocycles. The number of para-hydroxylation sites is 1. The monoisotopic (exact) mass is 280 g/mol. The van der Waals surface area contributed by atoms with Crippen molar-refractivity contribution in [2.75, 3.05) is 12.3 Å². The lowest BCUT2D eigenvalue weighted by atomic mass is 9.79. The number of nitrogens with two attached hydrogens (primary N) is 1. The molecule has 5 heteroatoms. The predicted octanol–water partition coefficient (Wildman–Crippen LogP) is 2.22. The molecule has 1 unspecified atom stereocenters. The largest absolute Gasteiger partial charge is 0.398 e. The molecule has 1 heterocycles. The molecule has 1 aromatic rings. The van der Waals surface area contributed by atoms with E-state index in [0.717, 1.165) is 12.8 Å². The number of nitrogen functional groups attached to an aromatic ring is 1. The number of nitrogens with zero attached hydrogens (tertiary/aromatic N) is 1. The minimum atomic E-state index is -3.43. The zero-order chi connectivity index (χ0) is 13.5. The summed E-state index contributed by atoms with van der Waals surface area (Å²) in [5, 5.41) is 0. The average Bonchev–Trinajstić information content (AvgIpc) is 2.76. The van der Waals surface area contributed by atoms with Crippen LogP contribution in [0.3, 0.4) is 0 Å². The Labute approximate surface area is 114 Å². The molecule has 3 rings (SSSR count). The third kappa shape index (κ3) is 2.15. The Morgan fingerprint density at radius 1 is 1.11 bits per heavy atom. The zero-order valence-electron chi connectivity index (χ0n) is 11.0. The quantitative estimate of drug-likeness (QED) is 0.864. The van der Waals surface area contributed by atoms with E-state index in [4.69, 9.17) is 5.73 Å². The van der Waals surface area contributed by atoms with E-state index in [1.807, 2.05) is 0 Å². The van der Waals surface area contributed by atoms with Crippen LogP contribution in [0, 0.1) is 5.92 Å². The van der Waals surface area contributed by atoms with Gasteiger partial charge < -0.3 is 5.73 Å². The van der Waals surface area contributed by atoms with Gasteiger partial charge in [-0.15, -0.1) is 0 Å². The van der Waals surface area contributed by atoms with Crippen LogP contribution in [-0.2, 0) is 10.0 Å². The van der Waals surface area contributed by atoms with E-state index >= 15 is 0 Å². The Morgan fingerprint density at radius 2 is 1.84 bits per heavy atom. The minimum absolute atomic E-state index is 0.193. The topological polar surface area (TPSA) is 63.4 Å². The van der Waals surface area contributed by atoms with Gasteiger partial charge in [0.05, 0.1) is 5.69 Å². The van der Waals surface area contributed by atoms with Crippen molar-refractivity contribution in [3.05, 3.63) is 24.3 Å². The van der Waals surface area contributed by atoms with Crippen LogP contribution < -0.4 is 5.73 Å². The van der Waals surface area contributed by atoms with Gasteiger partial charge in [-0.3, -0.25) is 0 Å². The molecule has 1 aromatic carbocycles. The lowest BCUT2D eigenvalue weighted by molar-refractivity contribution is 0.191. The fraction of sp³-hybridized carbons (Fsp3) is 0.571. The molecule has 0 spiro atoms. The van der Waals surface area contributed by atoms with Gasteiger partial charge in [-0.25, -0.2) is 8.42 Å². The van der Waals surface area contributed by atoms with Gasteiger partial charge in [-0.05, 0) is 43.7 Å². The Balaban J connectivity index is 1.93. The van der Waals surface area contributed by atoms with E-state index in [0.29, 0.717) is 18.2 Å². The summed E-state index contributed by atoms with van der Waals surface area (Å²) in [5.74, 6) is 0.558. The van der Waals surface area contributed by atoms with Crippen LogP contribution in [-0.4, -0.2) is 25.3 Å². The van der Waals surface area contributed by atoms with Crippen LogP contribution >= 0.6 is 0 Å². The maximum atomic E-state index is 12.8. The van der Waals surface area contributed by atoms with Gasteiger partial charge in [0.2, 0.25) is 10.0 Å². The van der Waals surface area contributed by atoms with Gasteiger partial charge in [0.1, 0.15) is 4.90 Å². The maximum Gasteiger partial charge on any atom is 0.245 e. The van der Waals surface area contributed by atoms with Crippen molar-refractivity contribution in [3.8, 4) is 0 Å². The van der Waals surface area contributed by atoms with E-state index in [9.17, 15) is 8.42 Å². The van der Waals surface area contributed by atoms with E-state index < -0.39 is 10.0 Å². The fourth-order valence-corrected chi connectivity index (χ4v) is 5.07. The molecule has 1 saturated heterocycles. The van der Waals surface area contributed by atoms with Gasteiger partial charge in [-0.2, -0.15) is 4.31 Å². The maximum absolute atomic E-state index is 12.8. The molecular weight excluding hydrogens is 260 g/mol. The predicted molar refractivity (Wildman–Crippen MR) is 75.1 cm³/mol. The van der Waals surface area contributed by atoms with Crippen molar-refractivity contribution in [3.63, 3.8) is 0 Å². The first-order chi connectivity index (χ1) is 9.10. The molecule has 0 amide bonds. The molecule has 2 N–H and O–H groups in total. The molecule has 1 atom stereocenters. The Bertz CT molecular complexity index is 567. The molecule has 2 fully saturated rings. The van der Waals surface area contributed by atoms with Crippen molar-refractivity contribution >= 4 is 15.7 Å². The van der Waals surface area contributed by atoms with Crippen LogP contribution in [0.2, 0.25) is 0 Å². The minimum Gasteiger partial charge on any atom is -0.398 e. The van der Waals surface area contributed by atoms with Crippen molar-refractivity contribution in [1.29, 1.82) is 0 Å².